The predicted octanol–water partition coefficient (Wildman–Crippen LogP) is 6.00. The number of aromatic nitrogens is 4. The van der Waals surface area contributed by atoms with E-state index in [4.69, 9.17) is 10.5 Å². The van der Waals surface area contributed by atoms with E-state index in [1.807, 2.05) is 43.5 Å². The van der Waals surface area contributed by atoms with Gasteiger partial charge >= 0.3 is 0 Å². The van der Waals surface area contributed by atoms with Gasteiger partial charge in [-0.2, -0.15) is 4.98 Å². The highest BCUT2D eigenvalue weighted by atomic mass is 16.5. The third kappa shape index (κ3) is 5.40. The number of benzene rings is 2. The fraction of sp³-hybridized carbons (Fsp3) is 0.286. The fourth-order valence-electron chi connectivity index (χ4n) is 4.58. The van der Waals surface area contributed by atoms with E-state index in [9.17, 15) is 0 Å². The molecule has 2 aromatic carbocycles. The van der Waals surface area contributed by atoms with Gasteiger partial charge in [-0.05, 0) is 36.8 Å². The zero-order valence-electron chi connectivity index (χ0n) is 19.9. The molecule has 4 aromatic rings. The second-order valence-corrected chi connectivity index (χ2v) is 9.00. The lowest BCUT2D eigenvalue weighted by atomic mass is 9.84. The number of fused-ring (bicyclic) bond motifs is 1. The van der Waals surface area contributed by atoms with Crippen LogP contribution in [-0.2, 0) is 0 Å². The molecule has 7 nitrogen and oxygen atoms in total. The molecule has 0 unspecified atom stereocenters. The number of nitrogen functional groups attached to an aromatic ring is 1. The Balaban J connectivity index is 0.000000178. The molecule has 3 N–H and O–H groups in total. The highest BCUT2D eigenvalue weighted by Crippen LogP contribution is 2.35. The molecule has 2 aromatic heterocycles. The largest absolute Gasteiger partial charge is 0.469 e. The summed E-state index contributed by atoms with van der Waals surface area (Å²) in [5, 5.41) is 0. The van der Waals surface area contributed by atoms with E-state index >= 15 is 0 Å². The predicted molar refractivity (Wildman–Crippen MR) is 139 cm³/mol. The Bertz CT molecular complexity index is 1290. The number of hydrogen-bond acceptors (Lipinski definition) is 6. The van der Waals surface area contributed by atoms with Crippen LogP contribution in [0.15, 0.2) is 72.1 Å². The summed E-state index contributed by atoms with van der Waals surface area (Å²) in [6, 6.07) is 18.8. The van der Waals surface area contributed by atoms with Crippen LogP contribution in [0.3, 0.4) is 0 Å². The number of ether oxygens (including phenoxy) is 1. The summed E-state index contributed by atoms with van der Waals surface area (Å²) < 4.78 is 5.66. The van der Waals surface area contributed by atoms with Gasteiger partial charge in [0.2, 0.25) is 5.88 Å². The summed E-state index contributed by atoms with van der Waals surface area (Å²) in [4.78, 5) is 20.0. The molecule has 2 aliphatic rings. The monoisotopic (exact) mass is 466 g/mol. The van der Waals surface area contributed by atoms with Crippen LogP contribution in [0.25, 0.3) is 11.4 Å². The fourth-order valence-corrected chi connectivity index (χ4v) is 4.58. The minimum atomic E-state index is 0.353. The maximum absolute atomic E-state index is 5.87. The van der Waals surface area contributed by atoms with Gasteiger partial charge in [0.05, 0.1) is 5.71 Å². The van der Waals surface area contributed by atoms with Gasteiger partial charge in [-0.15, -0.1) is 0 Å². The first kappa shape index (κ1) is 22.8. The van der Waals surface area contributed by atoms with Crippen LogP contribution in [0.2, 0.25) is 0 Å². The summed E-state index contributed by atoms with van der Waals surface area (Å²) in [5.41, 5.74) is 12.0. The molecule has 1 saturated carbocycles. The molecule has 178 valence electrons. The van der Waals surface area contributed by atoms with Crippen molar-refractivity contribution in [1.29, 1.82) is 0 Å². The average molecular weight is 467 g/mol. The normalized spacial score (nSPS) is 15.3. The first-order valence-electron chi connectivity index (χ1n) is 12.2. The Morgan fingerprint density at radius 1 is 0.886 bits per heavy atom. The lowest BCUT2D eigenvalue weighted by Gasteiger charge is -2.22. The van der Waals surface area contributed by atoms with Gasteiger partial charge in [0, 0.05) is 17.5 Å². The average Bonchev–Trinajstić information content (AvgIpc) is 3.37. The van der Waals surface area contributed by atoms with Crippen LogP contribution in [-0.4, -0.2) is 32.3 Å². The quantitative estimate of drug-likeness (QED) is 0.385. The van der Waals surface area contributed by atoms with Crippen molar-refractivity contribution in [3.8, 4) is 17.3 Å². The highest BCUT2D eigenvalue weighted by Gasteiger charge is 2.20. The number of anilines is 1. The lowest BCUT2D eigenvalue weighted by molar-refractivity contribution is 0.357. The van der Waals surface area contributed by atoms with Crippen molar-refractivity contribution in [2.75, 3.05) is 12.3 Å². The third-order valence-corrected chi connectivity index (χ3v) is 6.48. The third-order valence-electron chi connectivity index (χ3n) is 6.48. The molecule has 0 saturated heterocycles. The number of aryl methyl sites for hydroxylation is 1. The van der Waals surface area contributed by atoms with E-state index < -0.39 is 0 Å². The number of hydrogen-bond donors (Lipinski definition) is 2. The van der Waals surface area contributed by atoms with Crippen LogP contribution in [0.4, 0.5) is 11.5 Å². The summed E-state index contributed by atoms with van der Waals surface area (Å²) in [5.74, 6) is 2.46. The van der Waals surface area contributed by atoms with Crippen LogP contribution in [0.5, 0.6) is 5.88 Å². The number of aromatic amines is 1. The van der Waals surface area contributed by atoms with E-state index in [0.717, 1.165) is 28.4 Å². The Hall–Kier alpha value is -4.00. The molecular formula is C28H30N6O. The number of nitrogens with zero attached hydrogens (tertiary/aromatic N) is 4. The first-order chi connectivity index (χ1) is 17.2. The van der Waals surface area contributed by atoms with Crippen molar-refractivity contribution in [3.05, 3.63) is 83.9 Å². The van der Waals surface area contributed by atoms with E-state index in [-0.39, 0.29) is 0 Å². The van der Waals surface area contributed by atoms with Gasteiger partial charge in [0.1, 0.15) is 18.8 Å². The lowest BCUT2D eigenvalue weighted by Crippen LogP contribution is -2.18. The number of rotatable bonds is 3. The van der Waals surface area contributed by atoms with Gasteiger partial charge in [0.25, 0.3) is 0 Å². The molecule has 1 aliphatic carbocycles. The van der Waals surface area contributed by atoms with Gasteiger partial charge in [0.15, 0.2) is 11.5 Å². The number of aliphatic imine (C=N–C) groups is 1. The second kappa shape index (κ2) is 10.5. The molecule has 0 bridgehead atoms. The summed E-state index contributed by atoms with van der Waals surface area (Å²) in [6.45, 7) is 2.41. The van der Waals surface area contributed by atoms with E-state index in [1.54, 1.807) is 0 Å². The molecular weight excluding hydrogens is 436 g/mol. The maximum Gasteiger partial charge on any atom is 0.245 e. The molecule has 0 atom stereocenters. The van der Waals surface area contributed by atoms with Gasteiger partial charge < -0.3 is 15.5 Å². The number of H-pyrrole nitrogens is 1. The Morgan fingerprint density at radius 3 is 2.37 bits per heavy atom. The molecule has 1 aliphatic heterocycles. The molecule has 1 fully saturated rings. The van der Waals surface area contributed by atoms with E-state index in [2.05, 4.69) is 49.2 Å². The zero-order chi connectivity index (χ0) is 24.0. The highest BCUT2D eigenvalue weighted by molar-refractivity contribution is 6.04. The molecule has 3 heterocycles. The summed E-state index contributed by atoms with van der Waals surface area (Å²) >= 11 is 0. The van der Waals surface area contributed by atoms with Crippen LogP contribution in [0, 0.1) is 6.92 Å². The Labute approximate surface area is 205 Å². The summed E-state index contributed by atoms with van der Waals surface area (Å²) in [6.07, 6.45) is 9.93. The topological polar surface area (TPSA) is 102 Å². The van der Waals surface area contributed by atoms with E-state index in [1.165, 1.54) is 44.0 Å². The van der Waals surface area contributed by atoms with Crippen molar-refractivity contribution in [3.63, 3.8) is 0 Å². The first-order valence-corrected chi connectivity index (χ1v) is 12.2. The maximum atomic E-state index is 5.87. The van der Waals surface area contributed by atoms with Crippen LogP contribution < -0.4 is 10.5 Å². The van der Waals surface area contributed by atoms with Gasteiger partial charge in [-0.3, -0.25) is 0 Å². The second-order valence-electron chi connectivity index (χ2n) is 9.00. The number of nitrogens with two attached hydrogens (primary N) is 1. The smallest absolute Gasteiger partial charge is 0.245 e. The van der Waals surface area contributed by atoms with Gasteiger partial charge in [-0.1, -0.05) is 73.9 Å². The van der Waals surface area contributed by atoms with E-state index in [0.29, 0.717) is 29.9 Å². The number of imidazole rings is 1. The van der Waals surface area contributed by atoms with Gasteiger partial charge in [-0.25, -0.2) is 15.0 Å². The van der Waals surface area contributed by atoms with Crippen molar-refractivity contribution in [1.82, 2.24) is 19.9 Å². The molecule has 7 heteroatoms. The van der Waals surface area contributed by atoms with Crippen molar-refractivity contribution >= 4 is 17.2 Å². The SMILES string of the molecule is Cc1cnc(-c2ccccc2)[nH]1.Nc1ncnc2c1N=C(c1ccc(C3CCCCC3)cc1)CO2. The molecule has 0 amide bonds. The minimum Gasteiger partial charge on any atom is -0.469 e. The van der Waals surface area contributed by atoms with Crippen molar-refractivity contribution in [2.45, 2.75) is 44.9 Å². The Morgan fingerprint density at radius 2 is 1.66 bits per heavy atom. The standard InChI is InChI=1S/C18H20N4O.C10H10N2/c19-17-16-18(21-11-20-17)23-10-15(22-16)14-8-6-13(7-9-14)12-4-2-1-3-5-12;1-8-7-11-10(12-8)9-5-3-2-4-6-9/h6-9,11-12H,1-5,10H2,(H2,19,20,21);2-7H,1H3,(H,11,12). The van der Waals surface area contributed by atoms with Crippen LogP contribution >= 0.6 is 0 Å². The molecule has 0 spiro atoms. The molecule has 6 rings (SSSR count). The molecule has 35 heavy (non-hydrogen) atoms. The summed E-state index contributed by atoms with van der Waals surface area (Å²) in [7, 11) is 0. The minimum absolute atomic E-state index is 0.353. The van der Waals surface area contributed by atoms with Crippen LogP contribution in [0.1, 0.15) is 54.8 Å². The molecule has 0 radical (unpaired) electrons. The Kier molecular flexibility index (Phi) is 6.84. The van der Waals surface area contributed by atoms with Crippen molar-refractivity contribution < 1.29 is 4.74 Å². The number of nitrogens with one attached hydrogen (secondary N) is 1. The van der Waals surface area contributed by atoms with Crippen molar-refractivity contribution in [2.24, 2.45) is 4.99 Å². The zero-order valence-corrected chi connectivity index (χ0v) is 19.9.